The van der Waals surface area contributed by atoms with E-state index >= 15 is 0 Å². The van der Waals surface area contributed by atoms with E-state index in [9.17, 15) is 12.8 Å². The number of benzene rings is 2. The zero-order chi connectivity index (χ0) is 20.6. The van der Waals surface area contributed by atoms with Crippen molar-refractivity contribution in [2.24, 2.45) is 0 Å². The lowest BCUT2D eigenvalue weighted by atomic mass is 9.95. The third-order valence-electron chi connectivity index (χ3n) is 6.16. The molecule has 0 aliphatic carbocycles. The first-order valence-corrected chi connectivity index (χ1v) is 11.1. The number of halogens is 1. The molecule has 1 saturated heterocycles. The average molecular weight is 405 g/mol. The van der Waals surface area contributed by atoms with Crippen LogP contribution in [0.5, 0.6) is 0 Å². The van der Waals surface area contributed by atoms with Gasteiger partial charge in [0.25, 0.3) is 0 Å². The number of hydrogen-bond acceptors (Lipinski definition) is 3. The van der Waals surface area contributed by atoms with E-state index in [1.54, 1.807) is 10.4 Å². The molecule has 0 N–H and O–H groups in total. The summed E-state index contributed by atoms with van der Waals surface area (Å²) in [4.78, 5) is 2.64. The van der Waals surface area contributed by atoms with Crippen LogP contribution >= 0.6 is 0 Å². The maximum absolute atomic E-state index is 13.4. The van der Waals surface area contributed by atoms with Crippen LogP contribution in [-0.2, 0) is 16.6 Å². The van der Waals surface area contributed by atoms with Crippen LogP contribution < -0.4 is 0 Å². The second-order valence-electron chi connectivity index (χ2n) is 7.76. The van der Waals surface area contributed by atoms with Crippen molar-refractivity contribution in [1.29, 1.82) is 0 Å². The molecular formula is C22H29FN2O2S. The second-order valence-corrected chi connectivity index (χ2v) is 9.64. The van der Waals surface area contributed by atoms with E-state index in [4.69, 9.17) is 0 Å². The molecule has 0 aromatic heterocycles. The number of piperazine rings is 1. The highest BCUT2D eigenvalue weighted by Crippen LogP contribution is 2.32. The summed E-state index contributed by atoms with van der Waals surface area (Å²) in [5.41, 5.74) is 5.87. The van der Waals surface area contributed by atoms with Gasteiger partial charge in [0.1, 0.15) is 5.82 Å². The lowest BCUT2D eigenvalue weighted by molar-refractivity contribution is 0.181. The van der Waals surface area contributed by atoms with Crippen molar-refractivity contribution >= 4 is 10.0 Å². The van der Waals surface area contributed by atoms with Crippen molar-refractivity contribution in [2.45, 2.75) is 46.1 Å². The molecule has 1 heterocycles. The molecule has 0 atom stereocenters. The lowest BCUT2D eigenvalue weighted by Gasteiger charge is -2.35. The van der Waals surface area contributed by atoms with E-state index in [1.165, 1.54) is 12.1 Å². The Hall–Kier alpha value is -1.76. The van der Waals surface area contributed by atoms with E-state index in [2.05, 4.69) is 4.90 Å². The molecule has 0 radical (unpaired) electrons. The number of sulfonamides is 1. The molecule has 1 fully saturated rings. The third kappa shape index (κ3) is 3.86. The minimum atomic E-state index is -3.54. The molecule has 4 nitrogen and oxygen atoms in total. The Balaban J connectivity index is 1.79. The molecule has 2 aromatic carbocycles. The normalized spacial score (nSPS) is 16.5. The van der Waals surface area contributed by atoms with Gasteiger partial charge in [0, 0.05) is 32.7 Å². The number of nitrogens with zero attached hydrogens (tertiary/aromatic N) is 2. The molecule has 0 spiro atoms. The summed E-state index contributed by atoms with van der Waals surface area (Å²) in [6.45, 7) is 12.6. The molecule has 3 rings (SSSR count). The summed E-state index contributed by atoms with van der Waals surface area (Å²) in [6, 6.07) is 6.58. The molecule has 0 unspecified atom stereocenters. The molecule has 152 valence electrons. The first kappa shape index (κ1) is 21.0. The quantitative estimate of drug-likeness (QED) is 0.777. The maximum Gasteiger partial charge on any atom is 0.243 e. The number of hydrogen-bond donors (Lipinski definition) is 0. The van der Waals surface area contributed by atoms with Gasteiger partial charge in [0.2, 0.25) is 10.0 Å². The molecule has 1 aliphatic heterocycles. The Bertz CT molecular complexity index is 965. The summed E-state index contributed by atoms with van der Waals surface area (Å²) >= 11 is 0. The van der Waals surface area contributed by atoms with Gasteiger partial charge < -0.3 is 0 Å². The molecule has 2 aromatic rings. The third-order valence-corrected chi connectivity index (χ3v) is 8.33. The van der Waals surface area contributed by atoms with Gasteiger partial charge in [0.05, 0.1) is 4.90 Å². The van der Waals surface area contributed by atoms with Crippen LogP contribution in [-0.4, -0.2) is 43.8 Å². The van der Waals surface area contributed by atoms with Crippen LogP contribution in [0.2, 0.25) is 0 Å². The zero-order valence-corrected chi connectivity index (χ0v) is 18.2. The molecule has 0 bridgehead atoms. The van der Waals surface area contributed by atoms with Crippen LogP contribution in [0.3, 0.4) is 0 Å². The predicted octanol–water partition coefficient (Wildman–Crippen LogP) is 3.87. The molecule has 0 amide bonds. The summed E-state index contributed by atoms with van der Waals surface area (Å²) in [6.07, 6.45) is 0. The van der Waals surface area contributed by atoms with Gasteiger partial charge in [-0.25, -0.2) is 12.8 Å². The molecule has 6 heteroatoms. The first-order chi connectivity index (χ1) is 13.1. The fourth-order valence-electron chi connectivity index (χ4n) is 4.00. The summed E-state index contributed by atoms with van der Waals surface area (Å²) in [5.74, 6) is -0.241. The monoisotopic (exact) mass is 404 g/mol. The van der Waals surface area contributed by atoms with Crippen LogP contribution in [0.25, 0.3) is 0 Å². The summed E-state index contributed by atoms with van der Waals surface area (Å²) in [5, 5.41) is 0. The van der Waals surface area contributed by atoms with Gasteiger partial charge >= 0.3 is 0 Å². The van der Waals surface area contributed by atoms with Crippen molar-refractivity contribution in [2.75, 3.05) is 26.2 Å². The van der Waals surface area contributed by atoms with Gasteiger partial charge in [0.15, 0.2) is 0 Å². The highest BCUT2D eigenvalue weighted by molar-refractivity contribution is 7.89. The largest absolute Gasteiger partial charge is 0.296 e. The Labute approximate surface area is 168 Å². The van der Waals surface area contributed by atoms with Crippen LogP contribution in [0.4, 0.5) is 4.39 Å². The molecule has 28 heavy (non-hydrogen) atoms. The fraction of sp³-hybridized carbons (Fsp3) is 0.455. The Morgan fingerprint density at radius 1 is 0.857 bits per heavy atom. The molecule has 0 saturated carbocycles. The van der Waals surface area contributed by atoms with E-state index in [0.717, 1.165) is 33.4 Å². The van der Waals surface area contributed by atoms with Gasteiger partial charge in [-0.3, -0.25) is 4.90 Å². The van der Waals surface area contributed by atoms with E-state index in [0.29, 0.717) is 37.6 Å². The fourth-order valence-corrected chi connectivity index (χ4v) is 5.99. The first-order valence-electron chi connectivity index (χ1n) is 9.67. The van der Waals surface area contributed by atoms with Crippen LogP contribution in [0, 0.1) is 40.4 Å². The number of rotatable bonds is 4. The van der Waals surface area contributed by atoms with E-state index in [-0.39, 0.29) is 5.82 Å². The van der Waals surface area contributed by atoms with Crippen molar-refractivity contribution < 1.29 is 12.8 Å². The minimum Gasteiger partial charge on any atom is -0.296 e. The highest BCUT2D eigenvalue weighted by atomic mass is 32.2. The zero-order valence-electron chi connectivity index (χ0n) is 17.3. The van der Waals surface area contributed by atoms with Gasteiger partial charge in [-0.15, -0.1) is 0 Å². The van der Waals surface area contributed by atoms with Gasteiger partial charge in [-0.05, 0) is 80.1 Å². The van der Waals surface area contributed by atoms with Crippen LogP contribution in [0.1, 0.15) is 33.4 Å². The van der Waals surface area contributed by atoms with Crippen molar-refractivity contribution in [1.82, 2.24) is 9.21 Å². The molecule has 1 aliphatic rings. The van der Waals surface area contributed by atoms with E-state index in [1.807, 2.05) is 40.7 Å². The Kier molecular flexibility index (Phi) is 5.94. The van der Waals surface area contributed by atoms with Gasteiger partial charge in [-0.2, -0.15) is 4.31 Å². The summed E-state index contributed by atoms with van der Waals surface area (Å²) in [7, 11) is -3.54. The smallest absolute Gasteiger partial charge is 0.243 e. The Morgan fingerprint density at radius 2 is 1.39 bits per heavy atom. The minimum absolute atomic E-state index is 0.241. The lowest BCUT2D eigenvalue weighted by Crippen LogP contribution is -2.48. The SMILES string of the molecule is Cc1c(C)c(C)c(S(=O)(=O)N2CCN(Cc3cccc(F)c3)CC2)c(C)c1C. The maximum atomic E-state index is 13.4. The Morgan fingerprint density at radius 3 is 1.93 bits per heavy atom. The standard InChI is InChI=1S/C22H29FN2O2S/c1-15-16(2)18(4)22(19(5)17(15)3)28(26,27)25-11-9-24(10-12-25)14-20-7-6-8-21(23)13-20/h6-8,13H,9-12,14H2,1-5H3. The van der Waals surface area contributed by atoms with E-state index < -0.39 is 10.0 Å². The predicted molar refractivity (Wildman–Crippen MR) is 111 cm³/mol. The average Bonchev–Trinajstić information content (AvgIpc) is 2.65. The van der Waals surface area contributed by atoms with Gasteiger partial charge in [-0.1, -0.05) is 12.1 Å². The summed E-state index contributed by atoms with van der Waals surface area (Å²) < 4.78 is 41.8. The van der Waals surface area contributed by atoms with Crippen molar-refractivity contribution in [3.05, 3.63) is 63.5 Å². The van der Waals surface area contributed by atoms with Crippen LogP contribution in [0.15, 0.2) is 29.2 Å². The van der Waals surface area contributed by atoms with Crippen molar-refractivity contribution in [3.63, 3.8) is 0 Å². The van der Waals surface area contributed by atoms with Crippen molar-refractivity contribution in [3.8, 4) is 0 Å². The highest BCUT2D eigenvalue weighted by Gasteiger charge is 2.32. The topological polar surface area (TPSA) is 40.6 Å². The molecular weight excluding hydrogens is 375 g/mol. The second kappa shape index (κ2) is 7.93.